The van der Waals surface area contributed by atoms with E-state index < -0.39 is 4.92 Å². The molecule has 1 N–H and O–H groups in total. The van der Waals surface area contributed by atoms with E-state index in [4.69, 9.17) is 23.2 Å². The highest BCUT2D eigenvalue weighted by atomic mass is 35.5. The van der Waals surface area contributed by atoms with Crippen LogP contribution in [0.5, 0.6) is 0 Å². The lowest BCUT2D eigenvalue weighted by Gasteiger charge is -2.04. The van der Waals surface area contributed by atoms with Crippen molar-refractivity contribution in [1.82, 2.24) is 10.3 Å². The summed E-state index contributed by atoms with van der Waals surface area (Å²) in [4.78, 5) is 27.9. The number of nitrogens with one attached hydrogen (secondary N) is 1. The number of aromatic nitrogens is 1. The SMILES string of the molecule is O=C(NCCc1ccccc1)c1cc([N+](=O)[O-])c(Sc2c(Cl)cncc2Cl)s1. The van der Waals surface area contributed by atoms with Gasteiger partial charge in [0.25, 0.3) is 11.6 Å². The molecule has 1 amide bonds. The lowest BCUT2D eigenvalue weighted by molar-refractivity contribution is -0.387. The third-order valence-corrected chi connectivity index (χ3v) is 6.90. The Labute approximate surface area is 179 Å². The van der Waals surface area contributed by atoms with Crippen LogP contribution < -0.4 is 5.32 Å². The predicted octanol–water partition coefficient (Wildman–Crippen LogP) is 5.48. The quantitative estimate of drug-likeness (QED) is 0.377. The molecule has 2 aromatic heterocycles. The number of nitrogens with zero attached hydrogens (tertiary/aromatic N) is 2. The van der Waals surface area contributed by atoms with Crippen LogP contribution in [0.2, 0.25) is 10.0 Å². The van der Waals surface area contributed by atoms with E-state index in [2.05, 4.69) is 10.3 Å². The number of carbonyl (C=O) groups excluding carboxylic acids is 1. The van der Waals surface area contributed by atoms with Gasteiger partial charge in [0.05, 0.1) is 19.9 Å². The Hall–Kier alpha value is -2.13. The third-order valence-electron chi connectivity index (χ3n) is 3.65. The highest BCUT2D eigenvalue weighted by Gasteiger charge is 2.24. The summed E-state index contributed by atoms with van der Waals surface area (Å²) in [6, 6.07) is 11.0. The lowest BCUT2D eigenvalue weighted by atomic mass is 10.1. The molecule has 0 saturated carbocycles. The van der Waals surface area contributed by atoms with Crippen molar-refractivity contribution in [1.29, 1.82) is 0 Å². The summed E-state index contributed by atoms with van der Waals surface area (Å²) >= 11 is 14.3. The molecule has 0 atom stereocenters. The number of hydrogen-bond donors (Lipinski definition) is 1. The van der Waals surface area contributed by atoms with Crippen LogP contribution in [0.3, 0.4) is 0 Å². The molecule has 28 heavy (non-hydrogen) atoms. The Balaban J connectivity index is 1.74. The van der Waals surface area contributed by atoms with Gasteiger partial charge < -0.3 is 5.32 Å². The average molecular weight is 454 g/mol. The van der Waals surface area contributed by atoms with Crippen molar-refractivity contribution >= 4 is 57.9 Å². The number of halogens is 2. The second-order valence-corrected chi connectivity index (χ2v) is 8.71. The predicted molar refractivity (Wildman–Crippen MR) is 112 cm³/mol. The number of rotatable bonds is 7. The maximum Gasteiger partial charge on any atom is 0.294 e. The summed E-state index contributed by atoms with van der Waals surface area (Å²) in [6.45, 7) is 0.430. The van der Waals surface area contributed by atoms with Crippen LogP contribution >= 0.6 is 46.3 Å². The van der Waals surface area contributed by atoms with Gasteiger partial charge >= 0.3 is 0 Å². The van der Waals surface area contributed by atoms with E-state index in [1.807, 2.05) is 30.3 Å². The van der Waals surface area contributed by atoms with Crippen molar-refractivity contribution < 1.29 is 9.72 Å². The van der Waals surface area contributed by atoms with Gasteiger partial charge in [0.15, 0.2) is 0 Å². The van der Waals surface area contributed by atoms with Gasteiger partial charge in [0.1, 0.15) is 9.09 Å². The normalized spacial score (nSPS) is 10.6. The number of carbonyl (C=O) groups is 1. The Morgan fingerprint density at radius 1 is 1.21 bits per heavy atom. The molecule has 0 aliphatic heterocycles. The third kappa shape index (κ3) is 5.02. The van der Waals surface area contributed by atoms with Crippen molar-refractivity contribution in [2.45, 2.75) is 15.5 Å². The molecule has 0 unspecified atom stereocenters. The van der Waals surface area contributed by atoms with Crippen molar-refractivity contribution in [2.24, 2.45) is 0 Å². The van der Waals surface area contributed by atoms with Crippen LogP contribution in [-0.4, -0.2) is 22.4 Å². The number of hydrogen-bond acceptors (Lipinski definition) is 6. The van der Waals surface area contributed by atoms with E-state index in [1.54, 1.807) is 0 Å². The average Bonchev–Trinajstić information content (AvgIpc) is 3.10. The summed E-state index contributed by atoms with van der Waals surface area (Å²) < 4.78 is 0.327. The van der Waals surface area contributed by atoms with Crippen molar-refractivity contribution in [2.75, 3.05) is 6.54 Å². The smallest absolute Gasteiger partial charge is 0.294 e. The minimum atomic E-state index is -0.525. The van der Waals surface area contributed by atoms with E-state index >= 15 is 0 Å². The van der Waals surface area contributed by atoms with Crippen LogP contribution in [0.4, 0.5) is 5.69 Å². The lowest BCUT2D eigenvalue weighted by Crippen LogP contribution is -2.24. The van der Waals surface area contributed by atoms with Crippen LogP contribution in [0.1, 0.15) is 15.2 Å². The molecular formula is C18H13Cl2N3O3S2. The zero-order chi connectivity index (χ0) is 20.1. The number of pyridine rings is 1. The molecule has 0 fully saturated rings. The molecule has 1 aromatic carbocycles. The Morgan fingerprint density at radius 2 is 1.89 bits per heavy atom. The second kappa shape index (κ2) is 9.38. The van der Waals surface area contributed by atoms with Gasteiger partial charge in [-0.2, -0.15) is 0 Å². The number of nitro groups is 1. The minimum absolute atomic E-state index is 0.160. The molecule has 0 bridgehead atoms. The first-order valence-corrected chi connectivity index (χ1v) is 10.4. The van der Waals surface area contributed by atoms with E-state index in [0.717, 1.165) is 28.7 Å². The Kier molecular flexibility index (Phi) is 6.90. The van der Waals surface area contributed by atoms with Gasteiger partial charge in [-0.25, -0.2) is 0 Å². The molecule has 0 aliphatic carbocycles. The van der Waals surface area contributed by atoms with E-state index in [0.29, 0.717) is 22.1 Å². The summed E-state index contributed by atoms with van der Waals surface area (Å²) in [5.74, 6) is -0.359. The molecule has 6 nitrogen and oxygen atoms in total. The second-order valence-electron chi connectivity index (χ2n) is 5.57. The fraction of sp³-hybridized carbons (Fsp3) is 0.111. The molecule has 10 heteroatoms. The standard InChI is InChI=1S/C18H13Cl2N3O3S2/c19-12-9-21-10-13(20)16(12)28-18-14(23(25)26)8-15(27-18)17(24)22-7-6-11-4-2-1-3-5-11/h1-5,8-10H,6-7H2,(H,22,24). The first-order valence-electron chi connectivity index (χ1n) is 8.03. The highest BCUT2D eigenvalue weighted by molar-refractivity contribution is 8.01. The molecule has 2 heterocycles. The van der Waals surface area contributed by atoms with Crippen molar-refractivity contribution in [3.63, 3.8) is 0 Å². The van der Waals surface area contributed by atoms with Crippen LogP contribution in [-0.2, 0) is 6.42 Å². The maximum atomic E-state index is 12.4. The van der Waals surface area contributed by atoms with Gasteiger partial charge in [-0.15, -0.1) is 11.3 Å². The Bertz CT molecular complexity index is 992. The molecule has 0 aliphatic rings. The summed E-state index contributed by atoms with van der Waals surface area (Å²) in [6.07, 6.45) is 3.49. The molecule has 0 spiro atoms. The summed E-state index contributed by atoms with van der Waals surface area (Å²) in [7, 11) is 0. The van der Waals surface area contributed by atoms with Crippen molar-refractivity contribution in [3.05, 3.63) is 79.4 Å². The minimum Gasteiger partial charge on any atom is -0.351 e. The fourth-order valence-electron chi connectivity index (χ4n) is 2.32. The van der Waals surface area contributed by atoms with E-state index in [1.165, 1.54) is 18.5 Å². The number of benzene rings is 1. The topological polar surface area (TPSA) is 85.1 Å². The van der Waals surface area contributed by atoms with Gasteiger partial charge in [0.2, 0.25) is 0 Å². The summed E-state index contributed by atoms with van der Waals surface area (Å²) in [5, 5.41) is 14.8. The van der Waals surface area contributed by atoms with Crippen LogP contribution in [0.15, 0.2) is 57.9 Å². The first-order chi connectivity index (χ1) is 13.5. The van der Waals surface area contributed by atoms with Crippen LogP contribution in [0, 0.1) is 10.1 Å². The number of amides is 1. The molecule has 144 valence electrons. The van der Waals surface area contributed by atoms with Gasteiger partial charge in [-0.05, 0) is 12.0 Å². The fourth-order valence-corrected chi connectivity index (χ4v) is 5.10. The molecule has 3 rings (SSSR count). The van der Waals surface area contributed by atoms with Crippen LogP contribution in [0.25, 0.3) is 0 Å². The van der Waals surface area contributed by atoms with E-state index in [9.17, 15) is 14.9 Å². The zero-order valence-corrected chi connectivity index (χ0v) is 17.4. The number of thiophene rings is 1. The van der Waals surface area contributed by atoms with Gasteiger partial charge in [-0.1, -0.05) is 65.3 Å². The van der Waals surface area contributed by atoms with Crippen molar-refractivity contribution in [3.8, 4) is 0 Å². The zero-order valence-electron chi connectivity index (χ0n) is 14.2. The largest absolute Gasteiger partial charge is 0.351 e. The molecule has 0 saturated heterocycles. The maximum absolute atomic E-state index is 12.4. The monoisotopic (exact) mass is 453 g/mol. The summed E-state index contributed by atoms with van der Waals surface area (Å²) in [5.41, 5.74) is 0.935. The van der Waals surface area contributed by atoms with E-state index in [-0.39, 0.29) is 26.5 Å². The highest BCUT2D eigenvalue weighted by Crippen LogP contribution is 2.45. The van der Waals surface area contributed by atoms with Gasteiger partial charge in [0, 0.05) is 25.0 Å². The first kappa shape index (κ1) is 20.6. The molecule has 0 radical (unpaired) electrons. The molecule has 3 aromatic rings. The molecular weight excluding hydrogens is 441 g/mol. The van der Waals surface area contributed by atoms with Gasteiger partial charge in [-0.3, -0.25) is 19.9 Å². The Morgan fingerprint density at radius 3 is 2.54 bits per heavy atom.